The SMILES string of the molecule is CCN(CCCNC(=O)CCc1c(C)nn(CC(C)C)c1C)S(C)(=O)=O. The van der Waals surface area contributed by atoms with Crippen molar-refractivity contribution in [2.75, 3.05) is 25.9 Å². The van der Waals surface area contributed by atoms with Gasteiger partial charge < -0.3 is 5.32 Å². The third-order valence-corrected chi connectivity index (χ3v) is 5.78. The highest BCUT2D eigenvalue weighted by molar-refractivity contribution is 7.88. The molecule has 0 unspecified atom stereocenters. The Balaban J connectivity index is 2.42. The maximum Gasteiger partial charge on any atom is 0.220 e. The molecule has 0 saturated heterocycles. The molecule has 0 aliphatic carbocycles. The predicted molar refractivity (Wildman–Crippen MR) is 105 cm³/mol. The van der Waals surface area contributed by atoms with Gasteiger partial charge in [0.25, 0.3) is 0 Å². The third-order valence-electron chi connectivity index (χ3n) is 4.40. The summed E-state index contributed by atoms with van der Waals surface area (Å²) in [6.45, 7) is 12.4. The van der Waals surface area contributed by atoms with Crippen molar-refractivity contribution in [3.8, 4) is 0 Å². The van der Waals surface area contributed by atoms with Gasteiger partial charge in [0.15, 0.2) is 0 Å². The normalized spacial score (nSPS) is 12.2. The Hall–Kier alpha value is -1.41. The van der Waals surface area contributed by atoms with Gasteiger partial charge in [0.2, 0.25) is 15.9 Å². The van der Waals surface area contributed by atoms with Crippen LogP contribution in [0.5, 0.6) is 0 Å². The van der Waals surface area contributed by atoms with E-state index in [-0.39, 0.29) is 5.91 Å². The molecule has 0 bridgehead atoms. The lowest BCUT2D eigenvalue weighted by atomic mass is 10.1. The van der Waals surface area contributed by atoms with Crippen LogP contribution in [0.3, 0.4) is 0 Å². The van der Waals surface area contributed by atoms with Crippen molar-refractivity contribution < 1.29 is 13.2 Å². The average molecular weight is 387 g/mol. The standard InChI is InChI=1S/C18H34N4O3S/c1-7-21(26(6,24)25)12-8-11-19-18(23)10-9-17-15(4)20-22(16(17)5)13-14(2)3/h14H,7-13H2,1-6H3,(H,19,23). The average Bonchev–Trinajstić information content (AvgIpc) is 2.77. The zero-order chi connectivity index (χ0) is 19.9. The quantitative estimate of drug-likeness (QED) is 0.589. The molecular weight excluding hydrogens is 352 g/mol. The summed E-state index contributed by atoms with van der Waals surface area (Å²) in [5.74, 6) is 0.515. The first-order valence-corrected chi connectivity index (χ1v) is 11.2. The van der Waals surface area contributed by atoms with Crippen LogP contribution >= 0.6 is 0 Å². The summed E-state index contributed by atoms with van der Waals surface area (Å²) in [5.41, 5.74) is 3.27. The van der Waals surface area contributed by atoms with Gasteiger partial charge in [-0.1, -0.05) is 20.8 Å². The molecule has 0 fully saturated rings. The number of hydrogen-bond acceptors (Lipinski definition) is 4. The van der Waals surface area contributed by atoms with Gasteiger partial charge in [0, 0.05) is 38.3 Å². The molecule has 0 spiro atoms. The van der Waals surface area contributed by atoms with Crippen molar-refractivity contribution in [1.82, 2.24) is 19.4 Å². The molecule has 26 heavy (non-hydrogen) atoms. The second-order valence-corrected chi connectivity index (χ2v) is 9.17. The van der Waals surface area contributed by atoms with Crippen LogP contribution in [0.25, 0.3) is 0 Å². The van der Waals surface area contributed by atoms with Crippen molar-refractivity contribution in [1.29, 1.82) is 0 Å². The summed E-state index contributed by atoms with van der Waals surface area (Å²) in [4.78, 5) is 12.1. The van der Waals surface area contributed by atoms with Crippen LogP contribution in [-0.4, -0.2) is 54.3 Å². The zero-order valence-corrected chi connectivity index (χ0v) is 17.8. The van der Waals surface area contributed by atoms with Gasteiger partial charge >= 0.3 is 0 Å². The molecule has 8 heteroatoms. The van der Waals surface area contributed by atoms with Crippen LogP contribution in [0.1, 0.15) is 50.6 Å². The third kappa shape index (κ3) is 7.07. The van der Waals surface area contributed by atoms with Crippen LogP contribution < -0.4 is 5.32 Å². The van der Waals surface area contributed by atoms with Crippen LogP contribution in [-0.2, 0) is 27.8 Å². The molecule has 1 N–H and O–H groups in total. The Morgan fingerprint density at radius 3 is 2.50 bits per heavy atom. The lowest BCUT2D eigenvalue weighted by Crippen LogP contribution is -2.33. The molecule has 0 saturated carbocycles. The highest BCUT2D eigenvalue weighted by Gasteiger charge is 2.15. The number of nitrogens with zero attached hydrogens (tertiary/aromatic N) is 3. The Bertz CT molecular complexity index is 696. The highest BCUT2D eigenvalue weighted by Crippen LogP contribution is 2.16. The first kappa shape index (κ1) is 22.6. The molecule has 1 aromatic rings. The van der Waals surface area contributed by atoms with E-state index in [4.69, 9.17) is 0 Å². The summed E-state index contributed by atoms with van der Waals surface area (Å²) in [6, 6.07) is 0. The van der Waals surface area contributed by atoms with E-state index in [0.29, 0.717) is 44.8 Å². The van der Waals surface area contributed by atoms with E-state index < -0.39 is 10.0 Å². The Morgan fingerprint density at radius 1 is 1.31 bits per heavy atom. The van der Waals surface area contributed by atoms with E-state index >= 15 is 0 Å². The van der Waals surface area contributed by atoms with Gasteiger partial charge in [-0.05, 0) is 38.2 Å². The van der Waals surface area contributed by atoms with Gasteiger partial charge in [-0.25, -0.2) is 12.7 Å². The van der Waals surface area contributed by atoms with Crippen LogP contribution in [0.4, 0.5) is 0 Å². The van der Waals surface area contributed by atoms with E-state index in [0.717, 1.165) is 23.5 Å². The lowest BCUT2D eigenvalue weighted by molar-refractivity contribution is -0.121. The second kappa shape index (κ2) is 10.1. The van der Waals surface area contributed by atoms with Gasteiger partial charge in [0.1, 0.15) is 0 Å². The largest absolute Gasteiger partial charge is 0.356 e. The topological polar surface area (TPSA) is 84.3 Å². The number of hydrogen-bond donors (Lipinski definition) is 1. The number of aromatic nitrogens is 2. The fraction of sp³-hybridized carbons (Fsp3) is 0.778. The summed E-state index contributed by atoms with van der Waals surface area (Å²) >= 11 is 0. The van der Waals surface area contributed by atoms with Crippen molar-refractivity contribution >= 4 is 15.9 Å². The van der Waals surface area contributed by atoms with E-state index in [1.165, 1.54) is 10.6 Å². The predicted octanol–water partition coefficient (Wildman–Crippen LogP) is 1.88. The van der Waals surface area contributed by atoms with Crippen molar-refractivity contribution in [3.05, 3.63) is 17.0 Å². The minimum Gasteiger partial charge on any atom is -0.356 e. The molecule has 0 aliphatic heterocycles. The molecule has 1 rings (SSSR count). The molecule has 0 aliphatic rings. The van der Waals surface area contributed by atoms with Gasteiger partial charge in [-0.15, -0.1) is 0 Å². The number of sulfonamides is 1. The summed E-state index contributed by atoms with van der Waals surface area (Å²) in [6.07, 6.45) is 2.90. The van der Waals surface area contributed by atoms with Crippen LogP contribution in [0.15, 0.2) is 0 Å². The summed E-state index contributed by atoms with van der Waals surface area (Å²) in [7, 11) is -3.17. The zero-order valence-electron chi connectivity index (χ0n) is 17.0. The minimum atomic E-state index is -3.17. The molecule has 1 aromatic heterocycles. The number of carbonyl (C=O) groups is 1. The van der Waals surface area contributed by atoms with Gasteiger partial charge in [-0.3, -0.25) is 9.48 Å². The molecule has 0 radical (unpaired) electrons. The van der Waals surface area contributed by atoms with Crippen LogP contribution in [0.2, 0.25) is 0 Å². The number of carbonyl (C=O) groups excluding carboxylic acids is 1. The number of rotatable bonds is 11. The van der Waals surface area contributed by atoms with Gasteiger partial charge in [-0.2, -0.15) is 5.10 Å². The highest BCUT2D eigenvalue weighted by atomic mass is 32.2. The van der Waals surface area contributed by atoms with Gasteiger partial charge in [0.05, 0.1) is 11.9 Å². The number of aryl methyl sites for hydroxylation is 1. The first-order valence-electron chi connectivity index (χ1n) is 9.30. The van der Waals surface area contributed by atoms with E-state index in [1.54, 1.807) is 0 Å². The second-order valence-electron chi connectivity index (χ2n) is 7.18. The molecule has 7 nitrogen and oxygen atoms in total. The molecule has 0 aromatic carbocycles. The molecular formula is C18H34N4O3S. The minimum absolute atomic E-state index is 0.0113. The maximum atomic E-state index is 12.1. The van der Waals surface area contributed by atoms with E-state index in [1.807, 2.05) is 18.5 Å². The molecule has 1 amide bonds. The summed E-state index contributed by atoms with van der Waals surface area (Å²) < 4.78 is 26.5. The van der Waals surface area contributed by atoms with Crippen LogP contribution in [0, 0.1) is 19.8 Å². The lowest BCUT2D eigenvalue weighted by Gasteiger charge is -2.17. The smallest absolute Gasteiger partial charge is 0.220 e. The maximum absolute atomic E-state index is 12.1. The molecule has 150 valence electrons. The van der Waals surface area contributed by atoms with E-state index in [2.05, 4.69) is 31.2 Å². The molecule has 1 heterocycles. The Kier molecular flexibility index (Phi) is 8.76. The van der Waals surface area contributed by atoms with Crippen molar-refractivity contribution in [3.63, 3.8) is 0 Å². The molecule has 0 atom stereocenters. The Labute approximate surface area is 158 Å². The Morgan fingerprint density at radius 2 is 1.96 bits per heavy atom. The van der Waals surface area contributed by atoms with Crippen molar-refractivity contribution in [2.24, 2.45) is 5.92 Å². The van der Waals surface area contributed by atoms with Crippen molar-refractivity contribution in [2.45, 2.75) is 60.4 Å². The fourth-order valence-electron chi connectivity index (χ4n) is 2.99. The first-order chi connectivity index (χ1) is 12.1. The number of nitrogens with one attached hydrogen (secondary N) is 1. The fourth-order valence-corrected chi connectivity index (χ4v) is 3.92. The number of amides is 1. The summed E-state index contributed by atoms with van der Waals surface area (Å²) in [5, 5.41) is 7.45. The monoisotopic (exact) mass is 386 g/mol. The van der Waals surface area contributed by atoms with E-state index in [9.17, 15) is 13.2 Å².